The van der Waals surface area contributed by atoms with Gasteiger partial charge in [-0.2, -0.15) is 0 Å². The Balaban J connectivity index is 3.00. The van der Waals surface area contributed by atoms with Crippen LogP contribution in [0.25, 0.3) is 0 Å². The smallest absolute Gasteiger partial charge is 0.215 e. The minimum Gasteiger partial charge on any atom is -0.298 e. The Morgan fingerprint density at radius 2 is 2.56 bits per heavy atom. The van der Waals surface area contributed by atoms with Crippen LogP contribution in [0, 0.1) is 0 Å². The monoisotopic (exact) mass is 235 g/mol. The zero-order chi connectivity index (χ0) is 6.85. The molecule has 0 N–H and O–H groups in total. The predicted molar refractivity (Wildman–Crippen MR) is 43.0 cm³/mol. The van der Waals surface area contributed by atoms with E-state index in [1.807, 2.05) is 22.6 Å². The second-order valence-corrected chi connectivity index (χ2v) is 2.55. The summed E-state index contributed by atoms with van der Waals surface area (Å²) in [5.74, 6) is 0. The summed E-state index contributed by atoms with van der Waals surface area (Å²) in [5, 5.41) is 3.84. The van der Waals surface area contributed by atoms with Crippen LogP contribution < -0.4 is 0 Å². The van der Waals surface area contributed by atoms with Crippen molar-refractivity contribution in [2.24, 2.45) is 5.10 Å². The highest BCUT2D eigenvalue weighted by atomic mass is 127. The first-order valence-electron chi connectivity index (χ1n) is 2.25. The molecule has 0 bridgehead atoms. The van der Waals surface area contributed by atoms with Gasteiger partial charge < -0.3 is 0 Å². The van der Waals surface area contributed by atoms with E-state index in [-0.39, 0.29) is 0 Å². The number of hydrazone groups is 1. The van der Waals surface area contributed by atoms with Crippen LogP contribution in [0.1, 0.15) is 0 Å². The number of allylic oxidation sites excluding steroid dienone is 1. The largest absolute Gasteiger partial charge is 0.298 e. The van der Waals surface area contributed by atoms with Crippen molar-refractivity contribution in [3.05, 3.63) is 11.8 Å². The molecule has 0 atom stereocenters. The van der Waals surface area contributed by atoms with Crippen LogP contribution in [0.15, 0.2) is 16.9 Å². The van der Waals surface area contributed by atoms with Crippen molar-refractivity contribution >= 4 is 39.3 Å². The van der Waals surface area contributed by atoms with E-state index in [0.717, 1.165) is 6.29 Å². The number of carbonyl (C=O) groups is 1. The van der Waals surface area contributed by atoms with E-state index in [1.165, 1.54) is 4.68 Å². The summed E-state index contributed by atoms with van der Waals surface area (Å²) in [4.78, 5) is 10.2. The van der Waals surface area contributed by atoms with E-state index in [0.29, 0.717) is 9.29 Å². The molecule has 1 rings (SSSR count). The maximum atomic E-state index is 10.2. The van der Waals surface area contributed by atoms with Gasteiger partial charge in [0, 0.05) is 5.10 Å². The molecule has 4 heteroatoms. The molecule has 0 unspecified atom stereocenters. The van der Waals surface area contributed by atoms with Gasteiger partial charge in [0.1, 0.15) is 5.57 Å². The summed E-state index contributed by atoms with van der Waals surface area (Å²) < 4.78 is 2.06. The minimum atomic E-state index is 0.589. The van der Waals surface area contributed by atoms with Gasteiger partial charge in [0.15, 0.2) is 16.7 Å². The lowest BCUT2D eigenvalue weighted by molar-refractivity contribution is -0.448. The Hall–Kier alpha value is -0.520. The van der Waals surface area contributed by atoms with E-state index in [1.54, 1.807) is 6.20 Å². The summed E-state index contributed by atoms with van der Waals surface area (Å²) in [6, 6.07) is 0. The van der Waals surface area contributed by atoms with Crippen LogP contribution in [0.3, 0.4) is 0 Å². The van der Waals surface area contributed by atoms with Crippen molar-refractivity contribution in [3.63, 3.8) is 0 Å². The molecule has 0 radical (unpaired) electrons. The van der Waals surface area contributed by atoms with Crippen molar-refractivity contribution < 1.29 is 9.48 Å². The molecular weight excluding hydrogens is 231 g/mol. The third-order valence-corrected chi connectivity index (χ3v) is 1.71. The third-order valence-electron chi connectivity index (χ3n) is 0.870. The molecule has 46 valence electrons. The molecule has 0 aromatic rings. The normalized spacial score (nSPS) is 17.2. The van der Waals surface area contributed by atoms with E-state index in [4.69, 9.17) is 0 Å². The average Bonchev–Trinajstić information content (AvgIpc) is 2.10. The van der Waals surface area contributed by atoms with Gasteiger partial charge in [-0.15, -0.1) is 0 Å². The number of carbonyl (C=O) groups excluding carboxylic acids is 1. The van der Waals surface area contributed by atoms with Gasteiger partial charge in [0.2, 0.25) is 6.20 Å². The molecule has 0 spiro atoms. The summed E-state index contributed by atoms with van der Waals surface area (Å²) in [6.45, 7) is 3.49. The maximum absolute atomic E-state index is 10.2. The van der Waals surface area contributed by atoms with E-state index in [9.17, 15) is 4.79 Å². The highest BCUT2D eigenvalue weighted by molar-refractivity contribution is 14.1. The minimum absolute atomic E-state index is 0.589. The van der Waals surface area contributed by atoms with Gasteiger partial charge in [-0.25, -0.2) is 0 Å². The molecule has 0 fully saturated rings. The molecule has 0 amide bonds. The summed E-state index contributed by atoms with van der Waals surface area (Å²) in [7, 11) is 0. The zero-order valence-electron chi connectivity index (χ0n) is 4.54. The first-order valence-corrected chi connectivity index (χ1v) is 3.33. The summed E-state index contributed by atoms with van der Waals surface area (Å²) in [5.41, 5.74) is 0.589. The third kappa shape index (κ3) is 1.24. The summed E-state index contributed by atoms with van der Waals surface area (Å²) >= 11 is 1.98. The fourth-order valence-corrected chi connectivity index (χ4v) is 1.04. The molecule has 9 heavy (non-hydrogen) atoms. The molecule has 0 saturated heterocycles. The van der Waals surface area contributed by atoms with E-state index >= 15 is 0 Å². The van der Waals surface area contributed by atoms with Crippen molar-refractivity contribution in [2.45, 2.75) is 0 Å². The van der Waals surface area contributed by atoms with E-state index in [2.05, 4.69) is 11.8 Å². The van der Waals surface area contributed by atoms with Crippen molar-refractivity contribution in [1.82, 2.24) is 0 Å². The van der Waals surface area contributed by atoms with Crippen LogP contribution in [0.2, 0.25) is 0 Å². The van der Waals surface area contributed by atoms with Gasteiger partial charge in [-0.05, 0) is 22.6 Å². The van der Waals surface area contributed by atoms with Gasteiger partial charge >= 0.3 is 0 Å². The molecule has 0 aromatic carbocycles. The average molecular weight is 235 g/mol. The Kier molecular flexibility index (Phi) is 1.75. The van der Waals surface area contributed by atoms with E-state index < -0.39 is 0 Å². The maximum Gasteiger partial charge on any atom is 0.215 e. The Morgan fingerprint density at radius 1 is 1.89 bits per heavy atom. The molecular formula is C5H4IN2O+. The lowest BCUT2D eigenvalue weighted by Gasteiger charge is -1.73. The van der Waals surface area contributed by atoms with Crippen LogP contribution in [0.4, 0.5) is 0 Å². The zero-order valence-corrected chi connectivity index (χ0v) is 6.70. The molecule has 0 aromatic heterocycles. The Bertz CT molecular complexity index is 229. The first-order chi connectivity index (χ1) is 4.24. The lowest BCUT2D eigenvalue weighted by Crippen LogP contribution is -1.87. The second kappa shape index (κ2) is 2.38. The van der Waals surface area contributed by atoms with Crippen molar-refractivity contribution in [3.8, 4) is 0 Å². The van der Waals surface area contributed by atoms with Crippen molar-refractivity contribution in [2.75, 3.05) is 0 Å². The fraction of sp³-hybridized carbons (Fsp3) is 0. The first kappa shape index (κ1) is 6.60. The number of halogens is 1. The predicted octanol–water partition coefficient (Wildman–Crippen LogP) is 0.544. The quantitative estimate of drug-likeness (QED) is 0.371. The Morgan fingerprint density at radius 3 is 2.78 bits per heavy atom. The van der Waals surface area contributed by atoms with Crippen LogP contribution in [0.5, 0.6) is 0 Å². The molecule has 1 aliphatic rings. The molecule has 0 aliphatic carbocycles. The topological polar surface area (TPSA) is 32.4 Å². The number of hydrogen-bond donors (Lipinski definition) is 0. The Labute approximate surface area is 65.9 Å². The highest BCUT2D eigenvalue weighted by Gasteiger charge is 2.16. The number of nitrogens with zero attached hydrogens (tertiary/aromatic N) is 2. The van der Waals surface area contributed by atoms with Crippen LogP contribution in [-0.2, 0) is 4.79 Å². The summed E-state index contributed by atoms with van der Waals surface area (Å²) in [6.07, 6.45) is 2.34. The van der Waals surface area contributed by atoms with Gasteiger partial charge in [0.25, 0.3) is 0 Å². The molecule has 3 nitrogen and oxygen atoms in total. The van der Waals surface area contributed by atoms with Crippen molar-refractivity contribution in [1.29, 1.82) is 0 Å². The fourth-order valence-electron chi connectivity index (χ4n) is 0.492. The molecule has 1 aliphatic heterocycles. The van der Waals surface area contributed by atoms with Crippen LogP contribution in [-0.4, -0.2) is 21.4 Å². The SMILES string of the molecule is C=[N+]1C=C(C=O)C(I)=N1. The molecule has 1 heterocycles. The second-order valence-electron chi connectivity index (χ2n) is 1.53. The highest BCUT2D eigenvalue weighted by Crippen LogP contribution is 2.09. The van der Waals surface area contributed by atoms with Gasteiger partial charge in [-0.3, -0.25) is 4.79 Å². The van der Waals surface area contributed by atoms with Gasteiger partial charge in [0.05, 0.1) is 0 Å². The standard InChI is InChI=1S/C5H4IN2O/c1-8-2-4(3-9)5(6)7-8/h2-3H,1H2/q+1. The van der Waals surface area contributed by atoms with Crippen LogP contribution >= 0.6 is 22.6 Å². The lowest BCUT2D eigenvalue weighted by atomic mass is 10.4. The van der Waals surface area contributed by atoms with Gasteiger partial charge in [-0.1, -0.05) is 4.68 Å². The number of rotatable bonds is 1. The number of hydrogen-bond acceptors (Lipinski definition) is 2. The number of aldehydes is 1. The molecule has 0 saturated carbocycles.